The molecule has 0 atom stereocenters. The first-order valence-electron chi connectivity index (χ1n) is 9.22. The second-order valence-corrected chi connectivity index (χ2v) is 8.07. The number of benzene rings is 2. The van der Waals surface area contributed by atoms with E-state index in [2.05, 4.69) is 11.4 Å². The Bertz CT molecular complexity index is 787. The lowest BCUT2D eigenvalue weighted by Crippen LogP contribution is -2.17. The van der Waals surface area contributed by atoms with Crippen LogP contribution in [-0.4, -0.2) is 24.4 Å². The predicted molar refractivity (Wildman–Crippen MR) is 104 cm³/mol. The zero-order valence-corrected chi connectivity index (χ0v) is 15.5. The van der Waals surface area contributed by atoms with Gasteiger partial charge in [-0.3, -0.25) is 4.79 Å². The van der Waals surface area contributed by atoms with Gasteiger partial charge in [0.05, 0.1) is 12.1 Å². The average Bonchev–Trinajstić information content (AvgIpc) is 3.16. The van der Waals surface area contributed by atoms with E-state index in [-0.39, 0.29) is 5.91 Å². The van der Waals surface area contributed by atoms with Gasteiger partial charge >= 0.3 is 0 Å². The SMILES string of the molecule is O=C(Cc1ccc2c(c1)OCCO2)Nc1ccccc1SC1CCCC1. The maximum Gasteiger partial charge on any atom is 0.228 e. The largest absolute Gasteiger partial charge is 0.486 e. The van der Waals surface area contributed by atoms with Crippen LogP contribution in [-0.2, 0) is 11.2 Å². The fraction of sp³-hybridized carbons (Fsp3) is 0.381. The molecule has 0 unspecified atom stereocenters. The molecule has 2 aromatic rings. The molecule has 136 valence electrons. The Morgan fingerprint density at radius 1 is 1.04 bits per heavy atom. The van der Waals surface area contributed by atoms with Crippen LogP contribution in [0.15, 0.2) is 47.4 Å². The van der Waals surface area contributed by atoms with E-state index in [1.165, 1.54) is 25.7 Å². The van der Waals surface area contributed by atoms with E-state index in [4.69, 9.17) is 9.47 Å². The van der Waals surface area contributed by atoms with Gasteiger partial charge in [0.15, 0.2) is 11.5 Å². The third kappa shape index (κ3) is 4.15. The summed E-state index contributed by atoms with van der Waals surface area (Å²) in [5, 5.41) is 3.75. The van der Waals surface area contributed by atoms with Crippen LogP contribution in [0, 0.1) is 0 Å². The number of carbonyl (C=O) groups is 1. The summed E-state index contributed by atoms with van der Waals surface area (Å²) < 4.78 is 11.1. The van der Waals surface area contributed by atoms with Gasteiger partial charge in [0.2, 0.25) is 5.91 Å². The first-order valence-corrected chi connectivity index (χ1v) is 10.1. The zero-order valence-electron chi connectivity index (χ0n) is 14.7. The molecule has 0 spiro atoms. The number of rotatable bonds is 5. The first-order chi connectivity index (χ1) is 12.8. The van der Waals surface area contributed by atoms with Gasteiger partial charge in [-0.1, -0.05) is 31.0 Å². The van der Waals surface area contributed by atoms with E-state index in [0.29, 0.717) is 24.9 Å². The third-order valence-corrected chi connectivity index (χ3v) is 6.14. The maximum atomic E-state index is 12.5. The van der Waals surface area contributed by atoms with Crippen molar-refractivity contribution in [1.29, 1.82) is 0 Å². The number of hydrogen-bond donors (Lipinski definition) is 1. The lowest BCUT2D eigenvalue weighted by atomic mass is 10.1. The van der Waals surface area contributed by atoms with Crippen LogP contribution in [0.4, 0.5) is 5.69 Å². The quantitative estimate of drug-likeness (QED) is 0.832. The first kappa shape index (κ1) is 17.3. The Hall–Kier alpha value is -2.14. The van der Waals surface area contributed by atoms with Crippen LogP contribution in [0.5, 0.6) is 11.5 Å². The molecule has 1 saturated carbocycles. The van der Waals surface area contributed by atoms with Gasteiger partial charge in [0, 0.05) is 10.1 Å². The van der Waals surface area contributed by atoms with E-state index in [1.807, 2.05) is 48.2 Å². The molecule has 1 fully saturated rings. The van der Waals surface area contributed by atoms with Crippen molar-refractivity contribution in [3.05, 3.63) is 48.0 Å². The van der Waals surface area contributed by atoms with Crippen molar-refractivity contribution >= 4 is 23.4 Å². The van der Waals surface area contributed by atoms with Gasteiger partial charge in [0.25, 0.3) is 0 Å². The summed E-state index contributed by atoms with van der Waals surface area (Å²) >= 11 is 1.89. The van der Waals surface area contributed by atoms with Crippen LogP contribution < -0.4 is 14.8 Å². The third-order valence-electron chi connectivity index (χ3n) is 4.73. The van der Waals surface area contributed by atoms with Crippen molar-refractivity contribution in [1.82, 2.24) is 0 Å². The number of hydrogen-bond acceptors (Lipinski definition) is 4. The number of anilines is 1. The molecule has 1 heterocycles. The van der Waals surface area contributed by atoms with Gasteiger partial charge < -0.3 is 14.8 Å². The molecule has 0 radical (unpaired) electrons. The molecular formula is C21H23NO3S. The highest BCUT2D eigenvalue weighted by atomic mass is 32.2. The Balaban J connectivity index is 1.42. The Labute approximate surface area is 158 Å². The molecule has 2 aromatic carbocycles. The van der Waals surface area contributed by atoms with E-state index in [9.17, 15) is 4.79 Å². The van der Waals surface area contributed by atoms with Crippen molar-refractivity contribution in [2.24, 2.45) is 0 Å². The summed E-state index contributed by atoms with van der Waals surface area (Å²) in [4.78, 5) is 13.7. The number of para-hydroxylation sites is 1. The van der Waals surface area contributed by atoms with Crippen molar-refractivity contribution in [2.45, 2.75) is 42.2 Å². The van der Waals surface area contributed by atoms with Crippen LogP contribution in [0.3, 0.4) is 0 Å². The summed E-state index contributed by atoms with van der Waals surface area (Å²) in [6, 6.07) is 13.8. The Morgan fingerprint density at radius 3 is 2.65 bits per heavy atom. The lowest BCUT2D eigenvalue weighted by molar-refractivity contribution is -0.115. The highest BCUT2D eigenvalue weighted by Gasteiger charge is 2.18. The molecule has 26 heavy (non-hydrogen) atoms. The summed E-state index contributed by atoms with van der Waals surface area (Å²) in [6.07, 6.45) is 5.49. The molecule has 1 aliphatic carbocycles. The number of ether oxygens (including phenoxy) is 2. The van der Waals surface area contributed by atoms with Crippen LogP contribution in [0.1, 0.15) is 31.2 Å². The minimum atomic E-state index is -0.0128. The maximum absolute atomic E-state index is 12.5. The molecule has 0 bridgehead atoms. The molecule has 5 heteroatoms. The molecule has 4 rings (SSSR count). The van der Waals surface area contributed by atoms with Gasteiger partial charge in [-0.25, -0.2) is 0 Å². The molecule has 0 saturated heterocycles. The number of nitrogens with one attached hydrogen (secondary N) is 1. The van der Waals surface area contributed by atoms with Crippen LogP contribution >= 0.6 is 11.8 Å². The molecule has 4 nitrogen and oxygen atoms in total. The molecule has 0 aromatic heterocycles. The minimum absolute atomic E-state index is 0.0128. The average molecular weight is 369 g/mol. The standard InChI is InChI=1S/C21H23NO3S/c23-21(14-15-9-10-18-19(13-15)25-12-11-24-18)22-17-7-3-4-8-20(17)26-16-5-1-2-6-16/h3-4,7-10,13,16H,1-2,5-6,11-12,14H2,(H,22,23). The van der Waals surface area contributed by atoms with Gasteiger partial charge in [-0.15, -0.1) is 11.8 Å². The summed E-state index contributed by atoms with van der Waals surface area (Å²) in [6.45, 7) is 1.12. The second-order valence-electron chi connectivity index (χ2n) is 6.72. The number of fused-ring (bicyclic) bond motifs is 1. The van der Waals surface area contributed by atoms with Crippen LogP contribution in [0.2, 0.25) is 0 Å². The Morgan fingerprint density at radius 2 is 1.81 bits per heavy atom. The van der Waals surface area contributed by atoms with E-state index >= 15 is 0 Å². The summed E-state index contributed by atoms with van der Waals surface area (Å²) in [5.74, 6) is 1.46. The highest BCUT2D eigenvalue weighted by molar-refractivity contribution is 8.00. The summed E-state index contributed by atoms with van der Waals surface area (Å²) in [5.41, 5.74) is 1.83. The fourth-order valence-corrected chi connectivity index (χ4v) is 4.77. The highest BCUT2D eigenvalue weighted by Crippen LogP contribution is 2.38. The smallest absolute Gasteiger partial charge is 0.228 e. The minimum Gasteiger partial charge on any atom is -0.486 e. The number of carbonyl (C=O) groups excluding carboxylic acids is 1. The molecule has 1 aliphatic heterocycles. The number of thioether (sulfide) groups is 1. The van der Waals surface area contributed by atoms with E-state index in [1.54, 1.807) is 0 Å². The predicted octanol–water partition coefficient (Wildman–Crippen LogP) is 4.67. The van der Waals surface area contributed by atoms with Crippen molar-refractivity contribution in [2.75, 3.05) is 18.5 Å². The fourth-order valence-electron chi connectivity index (χ4n) is 3.44. The summed E-state index contributed by atoms with van der Waals surface area (Å²) in [7, 11) is 0. The van der Waals surface area contributed by atoms with Gasteiger partial charge in [-0.2, -0.15) is 0 Å². The van der Waals surface area contributed by atoms with E-state index < -0.39 is 0 Å². The normalized spacial score (nSPS) is 16.5. The van der Waals surface area contributed by atoms with E-state index in [0.717, 1.165) is 27.6 Å². The monoisotopic (exact) mass is 369 g/mol. The van der Waals surface area contributed by atoms with Crippen LogP contribution in [0.25, 0.3) is 0 Å². The van der Waals surface area contributed by atoms with Gasteiger partial charge in [-0.05, 0) is 42.7 Å². The van der Waals surface area contributed by atoms with Crippen molar-refractivity contribution in [3.63, 3.8) is 0 Å². The molecule has 1 N–H and O–H groups in total. The van der Waals surface area contributed by atoms with Gasteiger partial charge in [0.1, 0.15) is 13.2 Å². The van der Waals surface area contributed by atoms with Crippen molar-refractivity contribution < 1.29 is 14.3 Å². The molecule has 2 aliphatic rings. The topological polar surface area (TPSA) is 47.6 Å². The second kappa shape index (κ2) is 8.04. The molecule has 1 amide bonds. The molecular weight excluding hydrogens is 346 g/mol. The lowest BCUT2D eigenvalue weighted by Gasteiger charge is -2.19. The number of amides is 1. The van der Waals surface area contributed by atoms with Crippen molar-refractivity contribution in [3.8, 4) is 11.5 Å². The zero-order chi connectivity index (χ0) is 17.8. The Kier molecular flexibility index (Phi) is 5.34.